The lowest BCUT2D eigenvalue weighted by atomic mass is 9.94. The van der Waals surface area contributed by atoms with Gasteiger partial charge in [0.25, 0.3) is 0 Å². The lowest BCUT2D eigenvalue weighted by Crippen LogP contribution is -2.41. The lowest BCUT2D eigenvalue weighted by molar-refractivity contribution is -0.138. The summed E-state index contributed by atoms with van der Waals surface area (Å²) in [6.07, 6.45) is -9.94. The molecule has 0 unspecified atom stereocenters. The van der Waals surface area contributed by atoms with Gasteiger partial charge in [0.2, 0.25) is 5.91 Å². The van der Waals surface area contributed by atoms with E-state index >= 15 is 0 Å². The second kappa shape index (κ2) is 8.00. The van der Waals surface area contributed by atoms with Crippen LogP contribution in [-0.2, 0) is 27.0 Å². The Morgan fingerprint density at radius 2 is 1.48 bits per heavy atom. The second-order valence-electron chi connectivity index (χ2n) is 8.20. The van der Waals surface area contributed by atoms with Gasteiger partial charge in [0.1, 0.15) is 5.82 Å². The zero-order valence-electron chi connectivity index (χ0n) is 17.3. The van der Waals surface area contributed by atoms with Gasteiger partial charge < -0.3 is 4.90 Å². The highest BCUT2D eigenvalue weighted by Gasteiger charge is 2.49. The first-order chi connectivity index (χ1) is 15.0. The number of amides is 1. The number of hydrogen-bond donors (Lipinski definition) is 0. The highest BCUT2D eigenvalue weighted by atomic mass is 32.2. The molecule has 1 fully saturated rings. The van der Waals surface area contributed by atoms with Crippen molar-refractivity contribution in [3.8, 4) is 0 Å². The van der Waals surface area contributed by atoms with Crippen LogP contribution in [0.4, 0.5) is 36.4 Å². The molecule has 0 aromatic heterocycles. The molecule has 33 heavy (non-hydrogen) atoms. The molecular weight excluding hydrogens is 479 g/mol. The van der Waals surface area contributed by atoms with Gasteiger partial charge in [-0.3, -0.25) is 4.79 Å². The molecule has 1 amide bonds. The Morgan fingerprint density at radius 1 is 0.909 bits per heavy atom. The van der Waals surface area contributed by atoms with E-state index < -0.39 is 66.3 Å². The van der Waals surface area contributed by atoms with Crippen LogP contribution in [0.2, 0.25) is 0 Å². The molecule has 2 aromatic carbocycles. The van der Waals surface area contributed by atoms with Crippen LogP contribution < -0.4 is 4.90 Å². The lowest BCUT2D eigenvalue weighted by Gasteiger charge is -2.31. The minimum atomic E-state index is -4.79. The molecular formula is C21H18F7NO3S. The van der Waals surface area contributed by atoms with Crippen molar-refractivity contribution in [1.29, 1.82) is 0 Å². The number of carbonyl (C=O) groups is 1. The topological polar surface area (TPSA) is 54.5 Å². The number of nitrogens with zero attached hydrogens (tertiary/aromatic N) is 1. The maximum Gasteiger partial charge on any atom is 0.416 e. The third-order valence-corrected chi connectivity index (χ3v) is 8.43. The molecule has 1 aliphatic heterocycles. The Morgan fingerprint density at radius 3 is 2.03 bits per heavy atom. The van der Waals surface area contributed by atoms with Crippen molar-refractivity contribution in [3.63, 3.8) is 0 Å². The first kappa shape index (κ1) is 25.0. The molecule has 0 spiro atoms. The third kappa shape index (κ3) is 4.57. The number of hydrogen-bond acceptors (Lipinski definition) is 3. The third-order valence-electron chi connectivity index (χ3n) is 5.84. The molecule has 0 bridgehead atoms. The summed E-state index contributed by atoms with van der Waals surface area (Å²) >= 11 is 0. The van der Waals surface area contributed by atoms with Crippen molar-refractivity contribution < 1.29 is 43.9 Å². The Hall–Kier alpha value is -2.63. The molecule has 3 rings (SSSR count). The van der Waals surface area contributed by atoms with Crippen LogP contribution in [0.3, 0.4) is 0 Å². The van der Waals surface area contributed by atoms with Crippen molar-refractivity contribution in [3.05, 3.63) is 59.4 Å². The van der Waals surface area contributed by atoms with Crippen LogP contribution in [0.25, 0.3) is 0 Å². The fraction of sp³-hybridized carbons (Fsp3) is 0.381. The SMILES string of the molecule is CC(C)([C@@H]1CC(=O)N(c2ccc(C(F)(F)F)cc2F)C1)S(=O)(=O)c1cccc(C(F)(F)F)c1. The maximum atomic E-state index is 14.4. The Kier molecular flexibility index (Phi) is 6.06. The second-order valence-corrected chi connectivity index (χ2v) is 10.7. The van der Waals surface area contributed by atoms with Crippen molar-refractivity contribution in [2.24, 2.45) is 5.92 Å². The normalized spacial score (nSPS) is 18.2. The first-order valence-electron chi connectivity index (χ1n) is 9.55. The molecule has 12 heteroatoms. The van der Waals surface area contributed by atoms with E-state index in [9.17, 15) is 43.9 Å². The monoisotopic (exact) mass is 497 g/mol. The zero-order chi connectivity index (χ0) is 25.0. The van der Waals surface area contributed by atoms with Gasteiger partial charge in [0.05, 0.1) is 26.5 Å². The van der Waals surface area contributed by atoms with Crippen molar-refractivity contribution in [2.45, 2.75) is 42.3 Å². The van der Waals surface area contributed by atoms with Crippen molar-refractivity contribution in [2.75, 3.05) is 11.4 Å². The van der Waals surface area contributed by atoms with E-state index in [2.05, 4.69) is 0 Å². The highest BCUT2D eigenvalue weighted by Crippen LogP contribution is 2.41. The quantitative estimate of drug-likeness (QED) is 0.527. The van der Waals surface area contributed by atoms with Gasteiger partial charge in [0.15, 0.2) is 9.84 Å². The van der Waals surface area contributed by atoms with E-state index in [4.69, 9.17) is 0 Å². The average molecular weight is 497 g/mol. The van der Waals surface area contributed by atoms with E-state index in [0.29, 0.717) is 12.1 Å². The van der Waals surface area contributed by atoms with E-state index in [1.54, 1.807) is 0 Å². The van der Waals surface area contributed by atoms with Gasteiger partial charge in [-0.25, -0.2) is 12.8 Å². The molecule has 180 valence electrons. The van der Waals surface area contributed by atoms with Gasteiger partial charge in [-0.1, -0.05) is 6.07 Å². The molecule has 1 saturated heterocycles. The fourth-order valence-corrected chi connectivity index (χ4v) is 5.41. The smallest absolute Gasteiger partial charge is 0.309 e. The number of sulfone groups is 1. The fourth-order valence-electron chi connectivity index (χ4n) is 3.67. The molecule has 1 atom stereocenters. The summed E-state index contributed by atoms with van der Waals surface area (Å²) in [6.45, 7) is 2.15. The Labute approximate surface area is 184 Å². The number of alkyl halides is 6. The van der Waals surface area contributed by atoms with Crippen molar-refractivity contribution >= 4 is 21.4 Å². The number of halogens is 7. The van der Waals surface area contributed by atoms with E-state index in [1.165, 1.54) is 13.8 Å². The molecule has 2 aromatic rings. The number of rotatable bonds is 4. The predicted molar refractivity (Wildman–Crippen MR) is 105 cm³/mol. The van der Waals surface area contributed by atoms with Crippen LogP contribution >= 0.6 is 0 Å². The Balaban J connectivity index is 1.93. The van der Waals surface area contributed by atoms with Gasteiger partial charge in [-0.2, -0.15) is 26.3 Å². The van der Waals surface area contributed by atoms with Gasteiger partial charge in [-0.05, 0) is 50.2 Å². The molecule has 0 N–H and O–H groups in total. The maximum absolute atomic E-state index is 14.4. The molecule has 0 radical (unpaired) electrons. The summed E-state index contributed by atoms with van der Waals surface area (Å²) in [5.74, 6) is -2.99. The zero-order valence-corrected chi connectivity index (χ0v) is 18.1. The first-order valence-corrected chi connectivity index (χ1v) is 11.0. The van der Waals surface area contributed by atoms with Gasteiger partial charge in [-0.15, -0.1) is 0 Å². The van der Waals surface area contributed by atoms with Crippen LogP contribution in [0.5, 0.6) is 0 Å². The Bertz CT molecular complexity index is 1190. The number of benzene rings is 2. The summed E-state index contributed by atoms with van der Waals surface area (Å²) < 4.78 is 116. The summed E-state index contributed by atoms with van der Waals surface area (Å²) in [4.78, 5) is 12.8. The van der Waals surface area contributed by atoms with E-state index in [0.717, 1.165) is 29.2 Å². The van der Waals surface area contributed by atoms with E-state index in [1.807, 2.05) is 0 Å². The summed E-state index contributed by atoms with van der Waals surface area (Å²) in [5, 5.41) is 0. The molecule has 1 heterocycles. The van der Waals surface area contributed by atoms with Crippen LogP contribution in [0, 0.1) is 11.7 Å². The number of anilines is 1. The van der Waals surface area contributed by atoms with Crippen LogP contribution in [0.15, 0.2) is 47.4 Å². The van der Waals surface area contributed by atoms with E-state index in [-0.39, 0.29) is 19.0 Å². The number of carbonyl (C=O) groups excluding carboxylic acids is 1. The summed E-state index contributed by atoms with van der Waals surface area (Å²) in [6, 6.07) is 4.81. The summed E-state index contributed by atoms with van der Waals surface area (Å²) in [5.41, 5.74) is -2.85. The minimum Gasteiger partial charge on any atom is -0.309 e. The van der Waals surface area contributed by atoms with Crippen molar-refractivity contribution in [1.82, 2.24) is 0 Å². The molecule has 4 nitrogen and oxygen atoms in total. The standard InChI is InChI=1S/C21H18F7NO3S/c1-19(2,33(31,32)15-5-3-4-12(8-15)20(23,24)25)14-10-18(30)29(11-14)17-7-6-13(9-16(17)22)21(26,27)28/h3-9,14H,10-11H2,1-2H3/t14-/m1/s1. The highest BCUT2D eigenvalue weighted by molar-refractivity contribution is 7.92. The summed E-state index contributed by atoms with van der Waals surface area (Å²) in [7, 11) is -4.39. The predicted octanol–water partition coefficient (Wildman–Crippen LogP) is 5.47. The molecule has 1 aliphatic rings. The average Bonchev–Trinajstić information content (AvgIpc) is 3.08. The largest absolute Gasteiger partial charge is 0.416 e. The van der Waals surface area contributed by atoms with Crippen LogP contribution in [-0.4, -0.2) is 25.6 Å². The van der Waals surface area contributed by atoms with Gasteiger partial charge >= 0.3 is 12.4 Å². The van der Waals surface area contributed by atoms with Crippen LogP contribution in [0.1, 0.15) is 31.4 Å². The minimum absolute atomic E-state index is 0.237. The molecule has 0 aliphatic carbocycles. The molecule has 0 saturated carbocycles. The van der Waals surface area contributed by atoms with Gasteiger partial charge in [0, 0.05) is 18.9 Å².